The van der Waals surface area contributed by atoms with Crippen LogP contribution < -0.4 is 10.1 Å². The van der Waals surface area contributed by atoms with Crippen molar-refractivity contribution in [2.24, 2.45) is 7.05 Å². The molecule has 7 nitrogen and oxygen atoms in total. The van der Waals surface area contributed by atoms with Gasteiger partial charge in [0.15, 0.2) is 0 Å². The summed E-state index contributed by atoms with van der Waals surface area (Å²) in [6, 6.07) is 12.5. The van der Waals surface area contributed by atoms with E-state index in [4.69, 9.17) is 9.47 Å². The van der Waals surface area contributed by atoms with Crippen LogP contribution in [-0.4, -0.2) is 41.5 Å². The molecule has 7 heteroatoms. The molecule has 140 valence electrons. The standard InChI is InChI=1S/C20H22N4O3/c1-24-17(10-12-22-24)16(13-26-2)23-20(25)15-8-6-14(7-9-15)19-18(27-3)5-4-11-21-19/h4-12,16H,13H2,1-3H3,(H,23,25). The van der Waals surface area contributed by atoms with Gasteiger partial charge in [-0.25, -0.2) is 0 Å². The maximum absolute atomic E-state index is 12.7. The number of ether oxygens (including phenoxy) is 2. The highest BCUT2D eigenvalue weighted by Crippen LogP contribution is 2.27. The number of aromatic nitrogens is 3. The van der Waals surface area contributed by atoms with E-state index in [1.54, 1.807) is 43.4 Å². The number of carbonyl (C=O) groups is 1. The van der Waals surface area contributed by atoms with Crippen molar-refractivity contribution < 1.29 is 14.3 Å². The van der Waals surface area contributed by atoms with Gasteiger partial charge in [0.25, 0.3) is 5.91 Å². The van der Waals surface area contributed by atoms with Gasteiger partial charge in [-0.05, 0) is 30.3 Å². The second-order valence-electron chi connectivity index (χ2n) is 5.99. The van der Waals surface area contributed by atoms with Crippen molar-refractivity contribution in [3.63, 3.8) is 0 Å². The topological polar surface area (TPSA) is 78.3 Å². The van der Waals surface area contributed by atoms with Gasteiger partial charge in [-0.3, -0.25) is 14.5 Å². The fraction of sp³-hybridized carbons (Fsp3) is 0.250. The lowest BCUT2D eigenvalue weighted by Gasteiger charge is -2.18. The Balaban J connectivity index is 1.78. The normalized spacial score (nSPS) is 11.8. The van der Waals surface area contributed by atoms with E-state index in [-0.39, 0.29) is 11.9 Å². The summed E-state index contributed by atoms with van der Waals surface area (Å²) in [6.45, 7) is 0.356. The van der Waals surface area contributed by atoms with Crippen LogP contribution in [0.25, 0.3) is 11.3 Å². The SMILES string of the molecule is COCC(NC(=O)c1ccc(-c2ncccc2OC)cc1)c1ccnn1C. The van der Waals surface area contributed by atoms with Crippen LogP contribution >= 0.6 is 0 Å². The third-order valence-corrected chi connectivity index (χ3v) is 4.27. The Hall–Kier alpha value is -3.19. The quantitative estimate of drug-likeness (QED) is 0.695. The van der Waals surface area contributed by atoms with Crippen LogP contribution in [0.4, 0.5) is 0 Å². The van der Waals surface area contributed by atoms with E-state index in [0.717, 1.165) is 17.0 Å². The molecule has 0 radical (unpaired) electrons. The van der Waals surface area contributed by atoms with E-state index in [2.05, 4.69) is 15.4 Å². The first-order valence-electron chi connectivity index (χ1n) is 8.51. The zero-order valence-corrected chi connectivity index (χ0v) is 15.5. The number of nitrogens with one attached hydrogen (secondary N) is 1. The summed E-state index contributed by atoms with van der Waals surface area (Å²) in [7, 11) is 5.04. The first kappa shape index (κ1) is 18.6. The smallest absolute Gasteiger partial charge is 0.251 e. The highest BCUT2D eigenvalue weighted by atomic mass is 16.5. The number of benzene rings is 1. The molecule has 0 spiro atoms. The van der Waals surface area contributed by atoms with Crippen LogP contribution in [0.2, 0.25) is 0 Å². The number of pyridine rings is 1. The van der Waals surface area contributed by atoms with Crippen LogP contribution in [0.5, 0.6) is 5.75 Å². The van der Waals surface area contributed by atoms with E-state index >= 15 is 0 Å². The van der Waals surface area contributed by atoms with Gasteiger partial charge in [-0.1, -0.05) is 12.1 Å². The molecule has 0 fully saturated rings. The summed E-state index contributed by atoms with van der Waals surface area (Å²) in [6.07, 6.45) is 3.40. The van der Waals surface area contributed by atoms with Gasteiger partial charge in [0.2, 0.25) is 0 Å². The molecule has 2 aromatic heterocycles. The lowest BCUT2D eigenvalue weighted by molar-refractivity contribution is 0.0892. The molecular formula is C20H22N4O3. The zero-order chi connectivity index (χ0) is 19.2. The summed E-state index contributed by atoms with van der Waals surface area (Å²) in [5, 5.41) is 7.15. The largest absolute Gasteiger partial charge is 0.494 e. The Morgan fingerprint density at radius 3 is 2.56 bits per heavy atom. The molecule has 0 saturated heterocycles. The summed E-state index contributed by atoms with van der Waals surface area (Å²) in [5.74, 6) is 0.504. The van der Waals surface area contributed by atoms with Crippen LogP contribution in [0, 0.1) is 0 Å². The maximum atomic E-state index is 12.7. The molecular weight excluding hydrogens is 344 g/mol. The molecule has 0 aliphatic carbocycles. The summed E-state index contributed by atoms with van der Waals surface area (Å²) in [4.78, 5) is 17.0. The molecule has 0 saturated carbocycles. The molecule has 0 aliphatic heterocycles. The van der Waals surface area contributed by atoms with Gasteiger partial charge in [-0.15, -0.1) is 0 Å². The first-order chi connectivity index (χ1) is 13.1. The molecule has 1 atom stereocenters. The van der Waals surface area contributed by atoms with Crippen LogP contribution in [-0.2, 0) is 11.8 Å². The van der Waals surface area contributed by atoms with Crippen LogP contribution in [0.1, 0.15) is 22.1 Å². The van der Waals surface area contributed by atoms with Crippen molar-refractivity contribution in [3.8, 4) is 17.0 Å². The molecule has 0 aliphatic rings. The number of hydrogen-bond acceptors (Lipinski definition) is 5. The molecule has 1 amide bonds. The molecule has 1 unspecified atom stereocenters. The molecule has 3 rings (SSSR count). The molecule has 3 aromatic rings. The Kier molecular flexibility index (Phi) is 5.83. The summed E-state index contributed by atoms with van der Waals surface area (Å²) >= 11 is 0. The number of amides is 1. The van der Waals surface area contributed by atoms with E-state index in [1.807, 2.05) is 37.4 Å². The van der Waals surface area contributed by atoms with Crippen molar-refractivity contribution in [1.29, 1.82) is 0 Å². The highest BCUT2D eigenvalue weighted by molar-refractivity contribution is 5.95. The number of nitrogens with zero attached hydrogens (tertiary/aromatic N) is 3. The average Bonchev–Trinajstić information content (AvgIpc) is 3.13. The summed E-state index contributed by atoms with van der Waals surface area (Å²) in [5.41, 5.74) is 3.04. The predicted octanol–water partition coefficient (Wildman–Crippen LogP) is 2.61. The molecule has 27 heavy (non-hydrogen) atoms. The number of carbonyl (C=O) groups excluding carboxylic acids is 1. The molecule has 1 aromatic carbocycles. The fourth-order valence-corrected chi connectivity index (χ4v) is 2.89. The van der Waals surface area contributed by atoms with Gasteiger partial charge >= 0.3 is 0 Å². The van der Waals surface area contributed by atoms with E-state index in [9.17, 15) is 4.79 Å². The maximum Gasteiger partial charge on any atom is 0.251 e. The van der Waals surface area contributed by atoms with Crippen molar-refractivity contribution in [2.45, 2.75) is 6.04 Å². The van der Waals surface area contributed by atoms with Crippen LogP contribution in [0.3, 0.4) is 0 Å². The third-order valence-electron chi connectivity index (χ3n) is 4.27. The molecule has 2 heterocycles. The van der Waals surface area contributed by atoms with Gasteiger partial charge in [0, 0.05) is 37.7 Å². The van der Waals surface area contributed by atoms with Crippen molar-refractivity contribution >= 4 is 5.91 Å². The summed E-state index contributed by atoms with van der Waals surface area (Å²) < 4.78 is 12.3. The second-order valence-corrected chi connectivity index (χ2v) is 5.99. The Morgan fingerprint density at radius 2 is 1.93 bits per heavy atom. The fourth-order valence-electron chi connectivity index (χ4n) is 2.89. The Labute approximate surface area is 158 Å². The zero-order valence-electron chi connectivity index (χ0n) is 15.5. The minimum atomic E-state index is -0.287. The van der Waals surface area contributed by atoms with Gasteiger partial charge in [-0.2, -0.15) is 5.10 Å². The highest BCUT2D eigenvalue weighted by Gasteiger charge is 2.18. The lowest BCUT2D eigenvalue weighted by Crippen LogP contribution is -2.32. The van der Waals surface area contributed by atoms with Gasteiger partial charge in [0.1, 0.15) is 11.4 Å². The van der Waals surface area contributed by atoms with Crippen molar-refractivity contribution in [1.82, 2.24) is 20.1 Å². The molecule has 1 N–H and O–H groups in total. The van der Waals surface area contributed by atoms with E-state index in [1.165, 1.54) is 0 Å². The van der Waals surface area contributed by atoms with E-state index in [0.29, 0.717) is 17.9 Å². The van der Waals surface area contributed by atoms with Gasteiger partial charge in [0.05, 0.1) is 25.5 Å². The van der Waals surface area contributed by atoms with Crippen molar-refractivity contribution in [2.75, 3.05) is 20.8 Å². The van der Waals surface area contributed by atoms with E-state index < -0.39 is 0 Å². The average molecular weight is 366 g/mol. The lowest BCUT2D eigenvalue weighted by atomic mass is 10.1. The number of aryl methyl sites for hydroxylation is 1. The minimum Gasteiger partial charge on any atom is -0.494 e. The van der Waals surface area contributed by atoms with Crippen LogP contribution in [0.15, 0.2) is 54.9 Å². The van der Waals surface area contributed by atoms with Gasteiger partial charge < -0.3 is 14.8 Å². The predicted molar refractivity (Wildman–Crippen MR) is 102 cm³/mol. The monoisotopic (exact) mass is 366 g/mol. The first-order valence-corrected chi connectivity index (χ1v) is 8.51. The number of methoxy groups -OCH3 is 2. The third kappa shape index (κ3) is 4.15. The Bertz CT molecular complexity index is 906. The van der Waals surface area contributed by atoms with Crippen molar-refractivity contribution in [3.05, 3.63) is 66.1 Å². The Morgan fingerprint density at radius 1 is 1.15 bits per heavy atom. The minimum absolute atomic E-state index is 0.183. The number of rotatable bonds is 7. The molecule has 0 bridgehead atoms. The number of hydrogen-bond donors (Lipinski definition) is 1. The second kappa shape index (κ2) is 8.46.